The number of hydrogen-bond acceptors (Lipinski definition) is 7. The second-order valence-electron chi connectivity index (χ2n) is 7.24. The number of benzene rings is 1. The zero-order valence-corrected chi connectivity index (χ0v) is 18.5. The number of halogens is 3. The molecular weight excluding hydrogens is 459 g/mol. The molecule has 2 heterocycles. The Morgan fingerprint density at radius 3 is 2.41 bits per heavy atom. The van der Waals surface area contributed by atoms with E-state index in [0.29, 0.717) is 11.6 Å². The largest absolute Gasteiger partial charge is 0.446 e. The van der Waals surface area contributed by atoms with Crippen LogP contribution >= 0.6 is 0 Å². The Balaban J connectivity index is 1.99. The summed E-state index contributed by atoms with van der Waals surface area (Å²) in [5, 5.41) is 0. The third-order valence-electron chi connectivity index (χ3n) is 4.88. The second-order valence-corrected chi connectivity index (χ2v) is 7.24. The highest BCUT2D eigenvalue weighted by molar-refractivity contribution is 5.94. The molecular formula is C22H22F3N3O6. The van der Waals surface area contributed by atoms with Crippen LogP contribution in [0.3, 0.4) is 0 Å². The summed E-state index contributed by atoms with van der Waals surface area (Å²) in [6.07, 6.45) is -7.94. The van der Waals surface area contributed by atoms with Crippen molar-refractivity contribution < 1.29 is 41.8 Å². The Labute approximate surface area is 193 Å². The molecule has 1 aromatic heterocycles. The van der Waals surface area contributed by atoms with Crippen molar-refractivity contribution in [3.8, 4) is 0 Å². The predicted molar refractivity (Wildman–Crippen MR) is 111 cm³/mol. The van der Waals surface area contributed by atoms with E-state index in [1.807, 2.05) is 0 Å². The number of aromatic nitrogens is 1. The van der Waals surface area contributed by atoms with Crippen molar-refractivity contribution in [2.24, 2.45) is 0 Å². The van der Waals surface area contributed by atoms with E-state index in [-0.39, 0.29) is 6.61 Å². The van der Waals surface area contributed by atoms with Crippen LogP contribution in [-0.4, -0.2) is 54.0 Å². The normalized spacial score (nSPS) is 19.2. The van der Waals surface area contributed by atoms with Gasteiger partial charge in [0, 0.05) is 32.3 Å². The van der Waals surface area contributed by atoms with Gasteiger partial charge in [-0.25, -0.2) is 19.5 Å². The van der Waals surface area contributed by atoms with Crippen molar-refractivity contribution in [3.63, 3.8) is 0 Å². The molecule has 182 valence electrons. The van der Waals surface area contributed by atoms with Crippen LogP contribution in [0.2, 0.25) is 0 Å². The van der Waals surface area contributed by atoms with Gasteiger partial charge < -0.3 is 14.2 Å². The number of amides is 2. The lowest BCUT2D eigenvalue weighted by Gasteiger charge is -2.27. The van der Waals surface area contributed by atoms with Crippen LogP contribution in [0, 0.1) is 0 Å². The number of anilines is 1. The maximum absolute atomic E-state index is 13.2. The number of nitrogens with zero attached hydrogens (tertiary/aromatic N) is 3. The van der Waals surface area contributed by atoms with Crippen LogP contribution in [0.1, 0.15) is 31.1 Å². The molecule has 2 aromatic rings. The van der Waals surface area contributed by atoms with Crippen LogP contribution in [0.25, 0.3) is 0 Å². The first kappa shape index (κ1) is 25.0. The van der Waals surface area contributed by atoms with Crippen molar-refractivity contribution in [1.29, 1.82) is 0 Å². The van der Waals surface area contributed by atoms with E-state index in [0.717, 1.165) is 29.0 Å². The first-order chi connectivity index (χ1) is 16.0. The Morgan fingerprint density at radius 2 is 1.82 bits per heavy atom. The molecule has 0 radical (unpaired) electrons. The van der Waals surface area contributed by atoms with E-state index in [9.17, 15) is 27.6 Å². The minimum atomic E-state index is -4.69. The molecule has 12 heteroatoms. The standard InChI is InChI=1S/C22H22F3N3O6/c1-4-32-18-19(34-20(30)17(33-13(2)29)14-8-6-5-7-9-14)28(21(31)27(18)3)16-12-15(10-11-26-16)22(23,24)25/h5-12,17-19H,4H2,1-3H3. The number of alkyl halides is 3. The molecule has 9 nitrogen and oxygen atoms in total. The first-order valence-electron chi connectivity index (χ1n) is 10.2. The van der Waals surface area contributed by atoms with Gasteiger partial charge >= 0.3 is 24.1 Å². The summed E-state index contributed by atoms with van der Waals surface area (Å²) in [5.41, 5.74) is -0.739. The van der Waals surface area contributed by atoms with Crippen molar-refractivity contribution in [2.75, 3.05) is 18.6 Å². The fourth-order valence-electron chi connectivity index (χ4n) is 3.36. The predicted octanol–water partition coefficient (Wildman–Crippen LogP) is 3.51. The average molecular weight is 481 g/mol. The van der Waals surface area contributed by atoms with Gasteiger partial charge in [0.25, 0.3) is 0 Å². The second kappa shape index (κ2) is 10.1. The number of urea groups is 1. The summed E-state index contributed by atoms with van der Waals surface area (Å²) in [7, 11) is 1.35. The summed E-state index contributed by atoms with van der Waals surface area (Å²) in [5.74, 6) is -2.20. The van der Waals surface area contributed by atoms with E-state index in [1.165, 1.54) is 19.2 Å². The van der Waals surface area contributed by atoms with E-state index >= 15 is 0 Å². The monoisotopic (exact) mass is 481 g/mol. The SMILES string of the molecule is CCOC1C(OC(=O)C(OC(C)=O)c2ccccc2)N(c2cc(C(F)(F)F)ccn2)C(=O)N1C. The lowest BCUT2D eigenvalue weighted by Crippen LogP contribution is -2.44. The fraction of sp³-hybridized carbons (Fsp3) is 0.364. The van der Waals surface area contributed by atoms with Crippen LogP contribution in [0.15, 0.2) is 48.7 Å². The average Bonchev–Trinajstić information content (AvgIpc) is 3.02. The van der Waals surface area contributed by atoms with E-state index in [1.54, 1.807) is 25.1 Å². The van der Waals surface area contributed by atoms with Crippen LogP contribution < -0.4 is 4.90 Å². The van der Waals surface area contributed by atoms with Crippen molar-refractivity contribution in [3.05, 3.63) is 59.8 Å². The molecule has 3 unspecified atom stereocenters. The quantitative estimate of drug-likeness (QED) is 0.558. The third kappa shape index (κ3) is 5.28. The molecule has 0 bridgehead atoms. The molecule has 1 aliphatic heterocycles. The molecule has 34 heavy (non-hydrogen) atoms. The Hall–Kier alpha value is -3.67. The van der Waals surface area contributed by atoms with Gasteiger partial charge in [0.2, 0.25) is 12.3 Å². The van der Waals surface area contributed by atoms with Gasteiger partial charge in [-0.15, -0.1) is 0 Å². The molecule has 2 amide bonds. The molecule has 3 rings (SSSR count). The van der Waals surface area contributed by atoms with Crippen molar-refractivity contribution in [1.82, 2.24) is 9.88 Å². The molecule has 0 N–H and O–H groups in total. The Bertz CT molecular complexity index is 1050. The summed E-state index contributed by atoms with van der Waals surface area (Å²) >= 11 is 0. The van der Waals surface area contributed by atoms with Gasteiger partial charge in [-0.1, -0.05) is 30.3 Å². The summed E-state index contributed by atoms with van der Waals surface area (Å²) in [4.78, 5) is 43.4. The minimum absolute atomic E-state index is 0.103. The molecule has 1 aliphatic rings. The highest BCUT2D eigenvalue weighted by Crippen LogP contribution is 2.34. The van der Waals surface area contributed by atoms with Gasteiger partial charge in [-0.3, -0.25) is 9.69 Å². The number of pyridine rings is 1. The number of likely N-dealkylation sites (N-methyl/N-ethyl adjacent to an activating group) is 1. The maximum atomic E-state index is 13.2. The summed E-state index contributed by atoms with van der Waals surface area (Å²) in [6.45, 7) is 2.85. The zero-order valence-electron chi connectivity index (χ0n) is 18.5. The minimum Gasteiger partial charge on any atom is -0.446 e. The zero-order chi connectivity index (χ0) is 25.0. The van der Waals surface area contributed by atoms with Crippen molar-refractivity contribution >= 4 is 23.8 Å². The molecule has 0 aliphatic carbocycles. The fourth-order valence-corrected chi connectivity index (χ4v) is 3.36. The number of esters is 2. The van der Waals surface area contributed by atoms with Crippen LogP contribution in [0.5, 0.6) is 0 Å². The third-order valence-corrected chi connectivity index (χ3v) is 4.88. The highest BCUT2D eigenvalue weighted by atomic mass is 19.4. The first-order valence-corrected chi connectivity index (χ1v) is 10.2. The number of carbonyl (C=O) groups is 3. The number of hydrogen-bond donors (Lipinski definition) is 0. The lowest BCUT2D eigenvalue weighted by molar-refractivity contribution is -0.178. The van der Waals surface area contributed by atoms with Crippen LogP contribution in [0.4, 0.5) is 23.8 Å². The number of rotatable bonds is 7. The Kier molecular flexibility index (Phi) is 7.40. The highest BCUT2D eigenvalue weighted by Gasteiger charge is 2.50. The maximum Gasteiger partial charge on any atom is 0.416 e. The smallest absolute Gasteiger partial charge is 0.416 e. The lowest BCUT2D eigenvalue weighted by atomic mass is 10.1. The number of ether oxygens (including phenoxy) is 3. The topological polar surface area (TPSA) is 98.3 Å². The molecule has 1 aromatic carbocycles. The molecule has 1 saturated heterocycles. The van der Waals surface area contributed by atoms with Crippen molar-refractivity contribution in [2.45, 2.75) is 38.6 Å². The summed E-state index contributed by atoms with van der Waals surface area (Å²) < 4.78 is 55.9. The van der Waals surface area contributed by atoms with E-state index in [2.05, 4.69) is 4.98 Å². The summed E-state index contributed by atoms with van der Waals surface area (Å²) in [6, 6.07) is 8.62. The molecule has 0 saturated carbocycles. The molecule has 3 atom stereocenters. The van der Waals surface area contributed by atoms with Gasteiger partial charge in [-0.05, 0) is 19.1 Å². The molecule has 1 fully saturated rings. The van der Waals surface area contributed by atoms with Gasteiger partial charge in [0.1, 0.15) is 5.82 Å². The van der Waals surface area contributed by atoms with E-state index in [4.69, 9.17) is 14.2 Å². The van der Waals surface area contributed by atoms with Gasteiger partial charge in [0.15, 0.2) is 6.23 Å². The van der Waals surface area contributed by atoms with Gasteiger partial charge in [-0.2, -0.15) is 13.2 Å². The van der Waals surface area contributed by atoms with E-state index < -0.39 is 54.1 Å². The number of carbonyl (C=O) groups excluding carboxylic acids is 3. The molecule has 0 spiro atoms. The Morgan fingerprint density at radius 1 is 1.15 bits per heavy atom. The van der Waals surface area contributed by atoms with Gasteiger partial charge in [0.05, 0.1) is 5.56 Å². The van der Waals surface area contributed by atoms with Crippen LogP contribution in [-0.2, 0) is 30.0 Å².